The minimum Gasteiger partial charge on any atom is -0.493 e. The van der Waals surface area contributed by atoms with Gasteiger partial charge in [-0.25, -0.2) is 0 Å². The van der Waals surface area contributed by atoms with Crippen LogP contribution in [0.2, 0.25) is 0 Å². The first-order chi connectivity index (χ1) is 14.6. The zero-order chi connectivity index (χ0) is 21.1. The molecule has 4 rings (SSSR count). The van der Waals surface area contributed by atoms with Crippen molar-refractivity contribution in [3.05, 3.63) is 23.3 Å². The normalized spacial score (nSPS) is 29.0. The van der Waals surface area contributed by atoms with Crippen LogP contribution in [0.3, 0.4) is 0 Å². The number of nitrogens with one attached hydrogen (secondary N) is 1. The van der Waals surface area contributed by atoms with Gasteiger partial charge in [0, 0.05) is 31.8 Å². The van der Waals surface area contributed by atoms with E-state index in [2.05, 4.69) is 36.2 Å². The van der Waals surface area contributed by atoms with Gasteiger partial charge in [0.2, 0.25) is 0 Å². The second-order valence-corrected chi connectivity index (χ2v) is 9.88. The lowest BCUT2D eigenvalue weighted by atomic mass is 9.74. The minimum atomic E-state index is 0.468. The van der Waals surface area contributed by atoms with E-state index < -0.39 is 0 Å². The minimum absolute atomic E-state index is 0.468. The second kappa shape index (κ2) is 9.88. The molecule has 0 spiro atoms. The van der Waals surface area contributed by atoms with Crippen LogP contribution in [0.25, 0.3) is 0 Å². The lowest BCUT2D eigenvalue weighted by molar-refractivity contribution is -0.00877. The van der Waals surface area contributed by atoms with E-state index in [9.17, 15) is 0 Å². The molecular formula is C25H40N2O3. The molecule has 2 fully saturated rings. The highest BCUT2D eigenvalue weighted by Gasteiger charge is 2.39. The molecule has 30 heavy (non-hydrogen) atoms. The number of methoxy groups -OCH3 is 2. The van der Waals surface area contributed by atoms with Crippen LogP contribution in [0.15, 0.2) is 12.1 Å². The van der Waals surface area contributed by atoms with Crippen LogP contribution < -0.4 is 14.8 Å². The monoisotopic (exact) mass is 416 g/mol. The highest BCUT2D eigenvalue weighted by atomic mass is 16.5. The Hall–Kier alpha value is -1.30. The van der Waals surface area contributed by atoms with Gasteiger partial charge in [0.15, 0.2) is 11.5 Å². The van der Waals surface area contributed by atoms with Gasteiger partial charge in [-0.3, -0.25) is 4.90 Å². The van der Waals surface area contributed by atoms with Crippen molar-refractivity contribution in [2.24, 2.45) is 17.8 Å². The topological polar surface area (TPSA) is 43.0 Å². The maximum Gasteiger partial charge on any atom is 0.161 e. The average molecular weight is 417 g/mol. The summed E-state index contributed by atoms with van der Waals surface area (Å²) in [6, 6.07) is 5.45. The Morgan fingerprint density at radius 3 is 2.60 bits per heavy atom. The zero-order valence-electron chi connectivity index (χ0n) is 19.3. The van der Waals surface area contributed by atoms with Crippen molar-refractivity contribution in [2.75, 3.05) is 47.1 Å². The maximum absolute atomic E-state index is 6.29. The van der Waals surface area contributed by atoms with Gasteiger partial charge in [-0.1, -0.05) is 13.8 Å². The fraction of sp³-hybridized carbons (Fsp3) is 0.760. The summed E-state index contributed by atoms with van der Waals surface area (Å²) in [5.74, 6) is 3.77. The van der Waals surface area contributed by atoms with E-state index in [1.807, 2.05) is 0 Å². The molecule has 3 unspecified atom stereocenters. The van der Waals surface area contributed by atoms with E-state index in [0.29, 0.717) is 18.0 Å². The van der Waals surface area contributed by atoms with Crippen LogP contribution in [0.4, 0.5) is 0 Å². The molecule has 5 heteroatoms. The molecular weight excluding hydrogens is 376 g/mol. The molecule has 3 aliphatic heterocycles. The lowest BCUT2D eigenvalue weighted by Gasteiger charge is -2.47. The number of piperidine rings is 1. The van der Waals surface area contributed by atoms with Gasteiger partial charge in [0.05, 0.1) is 20.8 Å². The summed E-state index contributed by atoms with van der Waals surface area (Å²) >= 11 is 0. The summed E-state index contributed by atoms with van der Waals surface area (Å²) in [6.45, 7) is 9.94. The molecule has 0 amide bonds. The number of hydrogen-bond acceptors (Lipinski definition) is 5. The first-order valence-corrected chi connectivity index (χ1v) is 11.9. The summed E-state index contributed by atoms with van der Waals surface area (Å²) in [7, 11) is 3.46. The number of fused-ring (bicyclic) bond motifs is 3. The fourth-order valence-corrected chi connectivity index (χ4v) is 5.84. The molecule has 0 saturated carbocycles. The van der Waals surface area contributed by atoms with Crippen LogP contribution in [0, 0.1) is 17.8 Å². The predicted molar refractivity (Wildman–Crippen MR) is 120 cm³/mol. The van der Waals surface area contributed by atoms with E-state index >= 15 is 0 Å². The number of nitrogens with zero attached hydrogens (tertiary/aromatic N) is 1. The first-order valence-electron chi connectivity index (χ1n) is 11.9. The molecule has 3 heterocycles. The molecule has 3 aliphatic rings. The van der Waals surface area contributed by atoms with Gasteiger partial charge in [0.1, 0.15) is 0 Å². The highest BCUT2D eigenvalue weighted by Crippen LogP contribution is 2.45. The molecule has 4 atom stereocenters. The lowest BCUT2D eigenvalue weighted by Crippen LogP contribution is -2.47. The largest absolute Gasteiger partial charge is 0.493 e. The third-order valence-electron chi connectivity index (χ3n) is 7.36. The quantitative estimate of drug-likeness (QED) is 0.692. The maximum atomic E-state index is 6.29. The Morgan fingerprint density at radius 1 is 1.10 bits per heavy atom. The van der Waals surface area contributed by atoms with Gasteiger partial charge in [-0.15, -0.1) is 0 Å². The Bertz CT molecular complexity index is 702. The third-order valence-corrected chi connectivity index (χ3v) is 7.36. The van der Waals surface area contributed by atoms with E-state index in [1.54, 1.807) is 14.2 Å². The van der Waals surface area contributed by atoms with Gasteiger partial charge >= 0.3 is 0 Å². The molecule has 1 aromatic rings. The summed E-state index contributed by atoms with van der Waals surface area (Å²) in [6.07, 6.45) is 6.10. The van der Waals surface area contributed by atoms with Crippen molar-refractivity contribution in [3.63, 3.8) is 0 Å². The van der Waals surface area contributed by atoms with Crippen LogP contribution in [0.5, 0.6) is 11.5 Å². The van der Waals surface area contributed by atoms with Crippen LogP contribution in [0.1, 0.15) is 56.7 Å². The van der Waals surface area contributed by atoms with Crippen molar-refractivity contribution >= 4 is 0 Å². The smallest absolute Gasteiger partial charge is 0.161 e. The molecule has 168 valence electrons. The Balaban J connectivity index is 1.50. The standard InChI is InChI=1S/C25H40N2O3/c1-17(2)10-19-14-27-9-7-18-12-24(28-3)25(29-4)13-22(18)23(27)11-20(19)15-30-16-21-6-5-8-26-21/h12-13,17,19-21,23,26H,5-11,14-16H2,1-4H3/t19?,20?,21-,23?/m1/s1. The first kappa shape index (κ1) is 21.9. The number of ether oxygens (including phenoxy) is 3. The number of benzene rings is 1. The van der Waals surface area contributed by atoms with Crippen molar-refractivity contribution in [1.82, 2.24) is 10.2 Å². The van der Waals surface area contributed by atoms with E-state index in [4.69, 9.17) is 14.2 Å². The number of hydrogen-bond donors (Lipinski definition) is 1. The van der Waals surface area contributed by atoms with Gasteiger partial charge < -0.3 is 19.5 Å². The zero-order valence-corrected chi connectivity index (χ0v) is 19.3. The molecule has 0 radical (unpaired) electrons. The summed E-state index contributed by atoms with van der Waals surface area (Å²) in [5, 5.41) is 3.56. The predicted octanol–water partition coefficient (Wildman–Crippen LogP) is 4.05. The second-order valence-electron chi connectivity index (χ2n) is 9.88. The molecule has 2 saturated heterocycles. The summed E-state index contributed by atoms with van der Waals surface area (Å²) in [4.78, 5) is 2.72. The van der Waals surface area contributed by atoms with Gasteiger partial charge in [-0.05, 0) is 79.7 Å². The average Bonchev–Trinajstić information content (AvgIpc) is 3.26. The SMILES string of the molecule is COc1cc2c(cc1OC)C1CC(COC[C@H]3CCCN3)C(CC(C)C)CN1CC2. The fourth-order valence-electron chi connectivity index (χ4n) is 5.84. The van der Waals surface area contributed by atoms with Crippen molar-refractivity contribution in [1.29, 1.82) is 0 Å². The van der Waals surface area contributed by atoms with Crippen LogP contribution >= 0.6 is 0 Å². The summed E-state index contributed by atoms with van der Waals surface area (Å²) in [5.41, 5.74) is 2.86. The van der Waals surface area contributed by atoms with Crippen molar-refractivity contribution < 1.29 is 14.2 Å². The molecule has 0 bridgehead atoms. The Kier molecular flexibility index (Phi) is 7.22. The third kappa shape index (κ3) is 4.79. The molecule has 1 N–H and O–H groups in total. The van der Waals surface area contributed by atoms with E-state index in [-0.39, 0.29) is 0 Å². The summed E-state index contributed by atoms with van der Waals surface area (Å²) < 4.78 is 17.5. The number of rotatable bonds is 8. The van der Waals surface area contributed by atoms with E-state index in [0.717, 1.165) is 56.1 Å². The molecule has 5 nitrogen and oxygen atoms in total. The molecule has 0 aliphatic carbocycles. The van der Waals surface area contributed by atoms with Gasteiger partial charge in [0.25, 0.3) is 0 Å². The molecule has 1 aromatic carbocycles. The van der Waals surface area contributed by atoms with E-state index in [1.165, 1.54) is 43.4 Å². The molecule has 0 aromatic heterocycles. The van der Waals surface area contributed by atoms with Gasteiger partial charge in [-0.2, -0.15) is 0 Å². The van der Waals surface area contributed by atoms with Crippen LogP contribution in [-0.4, -0.2) is 58.0 Å². The highest BCUT2D eigenvalue weighted by molar-refractivity contribution is 5.49. The Morgan fingerprint density at radius 2 is 1.90 bits per heavy atom. The van der Waals surface area contributed by atoms with Crippen LogP contribution in [-0.2, 0) is 11.2 Å². The Labute approximate surface area is 182 Å². The van der Waals surface area contributed by atoms with Crippen molar-refractivity contribution in [2.45, 2.75) is 58.0 Å². The van der Waals surface area contributed by atoms with Crippen molar-refractivity contribution in [3.8, 4) is 11.5 Å².